The number of hydrogen-bond donors (Lipinski definition) is 4. The smallest absolute Gasteiger partial charge is 0.344 e. The average Bonchev–Trinajstić information content (AvgIpc) is 3.05. The van der Waals surface area contributed by atoms with E-state index in [1.807, 2.05) is 0 Å². The first-order valence-electron chi connectivity index (χ1n) is 6.92. The Bertz CT molecular complexity index is 771. The van der Waals surface area contributed by atoms with E-state index in [4.69, 9.17) is 22.8 Å². The lowest BCUT2D eigenvalue weighted by Crippen LogP contribution is -2.43. The van der Waals surface area contributed by atoms with Gasteiger partial charge in [0.15, 0.2) is 0 Å². The molecule has 0 aliphatic carbocycles. The number of ether oxygens (including phenoxy) is 1. The summed E-state index contributed by atoms with van der Waals surface area (Å²) >= 11 is 0. The van der Waals surface area contributed by atoms with Crippen molar-refractivity contribution in [2.45, 2.75) is 12.5 Å². The largest absolute Gasteiger partial charge is 0.467 e. The first-order chi connectivity index (χ1) is 11.5. The number of rotatable bonds is 5. The van der Waals surface area contributed by atoms with Crippen LogP contribution in [0.2, 0.25) is 0 Å². The number of nitrogens with zero attached hydrogens (tertiary/aromatic N) is 2. The summed E-state index contributed by atoms with van der Waals surface area (Å²) in [5.41, 5.74) is 12.9. The fourth-order valence-electron chi connectivity index (χ4n) is 2.19. The minimum absolute atomic E-state index is 0.0425. The van der Waals surface area contributed by atoms with Gasteiger partial charge in [0, 0.05) is 18.3 Å². The molecule has 1 aromatic carbocycles. The molecule has 1 amide bonds. The zero-order chi connectivity index (χ0) is 17.7. The highest BCUT2D eigenvalue weighted by Crippen LogP contribution is 2.27. The maximum Gasteiger partial charge on any atom is 0.344 e. The third kappa shape index (κ3) is 3.61. The van der Waals surface area contributed by atoms with Crippen molar-refractivity contribution >= 4 is 28.9 Å². The molecule has 6 N–H and O–H groups in total. The number of hydrogen-bond acceptors (Lipinski definition) is 6. The van der Waals surface area contributed by atoms with Crippen LogP contribution in [0.15, 0.2) is 24.7 Å². The van der Waals surface area contributed by atoms with Gasteiger partial charge in [-0.05, 0) is 4.85 Å². The third-order valence-corrected chi connectivity index (χ3v) is 3.33. The second kappa shape index (κ2) is 7.15. The molecular formula is C15H17N6O3+. The minimum atomic E-state index is -0.930. The molecule has 24 heavy (non-hydrogen) atoms. The molecule has 2 aromatic rings. The van der Waals surface area contributed by atoms with Crippen molar-refractivity contribution in [3.05, 3.63) is 40.8 Å². The zero-order valence-corrected chi connectivity index (χ0v) is 12.9. The van der Waals surface area contributed by atoms with E-state index in [9.17, 15) is 9.59 Å². The maximum absolute atomic E-state index is 12.5. The molecule has 0 saturated carbocycles. The van der Waals surface area contributed by atoms with E-state index < -0.39 is 17.9 Å². The predicted octanol–water partition coefficient (Wildman–Crippen LogP) is 0.682. The number of nitrogens with one attached hydrogen (secondary N) is 2. The van der Waals surface area contributed by atoms with Crippen molar-refractivity contribution in [2.75, 3.05) is 18.6 Å². The molecule has 9 nitrogen and oxygen atoms in total. The molecule has 0 aliphatic heterocycles. The highest BCUT2D eigenvalue weighted by molar-refractivity contribution is 6.06. The number of carbonyl (C=O) groups is 2. The molecule has 0 unspecified atom stereocenters. The SMILES string of the molecule is C#[N+]c1cc(N)c(C(=O)N[C@H](Cc2cnc[nH]2)C(=O)OC)c(N)c1. The van der Waals surface area contributed by atoms with Crippen LogP contribution < -0.4 is 16.8 Å². The van der Waals surface area contributed by atoms with Gasteiger partial charge in [-0.25, -0.2) is 9.78 Å². The average molecular weight is 329 g/mol. The van der Waals surface area contributed by atoms with E-state index in [-0.39, 0.29) is 23.4 Å². The topological polar surface area (TPSA) is 140 Å². The fourth-order valence-corrected chi connectivity index (χ4v) is 2.19. The van der Waals surface area contributed by atoms with E-state index >= 15 is 0 Å². The summed E-state index contributed by atoms with van der Waals surface area (Å²) in [6, 6.07) is 1.89. The lowest BCUT2D eigenvalue weighted by Gasteiger charge is -2.17. The second-order valence-corrected chi connectivity index (χ2v) is 4.96. The molecule has 0 bridgehead atoms. The number of benzene rings is 1. The number of anilines is 2. The number of amides is 1. The van der Waals surface area contributed by atoms with E-state index in [1.165, 1.54) is 25.6 Å². The lowest BCUT2D eigenvalue weighted by molar-refractivity contribution is -0.142. The lowest BCUT2D eigenvalue weighted by atomic mass is 10.1. The van der Waals surface area contributed by atoms with Crippen LogP contribution in [0.5, 0.6) is 0 Å². The summed E-state index contributed by atoms with van der Waals surface area (Å²) in [7, 11) is 1.23. The Balaban J connectivity index is 2.25. The Morgan fingerprint density at radius 2 is 2.08 bits per heavy atom. The van der Waals surface area contributed by atoms with Crippen LogP contribution in [0.3, 0.4) is 0 Å². The summed E-state index contributed by atoms with van der Waals surface area (Å²) in [6.07, 6.45) is 3.19. The van der Waals surface area contributed by atoms with Gasteiger partial charge in [-0.2, -0.15) is 0 Å². The molecule has 9 heteroatoms. The van der Waals surface area contributed by atoms with Gasteiger partial charge >= 0.3 is 11.7 Å². The van der Waals surface area contributed by atoms with Crippen LogP contribution in [-0.4, -0.2) is 35.0 Å². The monoisotopic (exact) mass is 329 g/mol. The van der Waals surface area contributed by atoms with Gasteiger partial charge in [-0.15, -0.1) is 0 Å². The van der Waals surface area contributed by atoms with Crippen LogP contribution in [0.25, 0.3) is 4.85 Å². The van der Waals surface area contributed by atoms with Gasteiger partial charge in [0.2, 0.25) is 0 Å². The van der Waals surface area contributed by atoms with E-state index in [0.29, 0.717) is 11.4 Å². The van der Waals surface area contributed by atoms with Gasteiger partial charge in [0.1, 0.15) is 6.04 Å². The number of nitrogens with two attached hydrogens (primary N) is 2. The van der Waals surface area contributed by atoms with Crippen molar-refractivity contribution in [3.8, 4) is 6.57 Å². The van der Waals surface area contributed by atoms with Crippen LogP contribution in [0.1, 0.15) is 16.1 Å². The quantitative estimate of drug-likeness (QED) is 0.470. The predicted molar refractivity (Wildman–Crippen MR) is 88.8 cm³/mol. The Labute approximate surface area is 137 Å². The number of esters is 1. The molecule has 0 aliphatic rings. The normalized spacial score (nSPS) is 11.3. The van der Waals surface area contributed by atoms with Crippen molar-refractivity contribution in [1.82, 2.24) is 15.3 Å². The summed E-state index contributed by atoms with van der Waals surface area (Å²) < 4.78 is 4.71. The number of nitrogen functional groups attached to an aromatic ring is 2. The Morgan fingerprint density at radius 1 is 1.42 bits per heavy atom. The van der Waals surface area contributed by atoms with Gasteiger partial charge in [0.05, 0.1) is 42.5 Å². The van der Waals surface area contributed by atoms with Crippen LogP contribution in [0.4, 0.5) is 17.1 Å². The van der Waals surface area contributed by atoms with Gasteiger partial charge in [-0.1, -0.05) is 0 Å². The Morgan fingerprint density at radius 3 is 2.58 bits per heavy atom. The Hall–Kier alpha value is -3.54. The van der Waals surface area contributed by atoms with E-state index in [2.05, 4.69) is 20.1 Å². The summed E-state index contributed by atoms with van der Waals surface area (Å²) in [5, 5.41) is 2.56. The van der Waals surface area contributed by atoms with Crippen molar-refractivity contribution in [2.24, 2.45) is 0 Å². The number of imidazole rings is 1. The van der Waals surface area contributed by atoms with E-state index in [1.54, 1.807) is 6.20 Å². The third-order valence-electron chi connectivity index (χ3n) is 3.33. The molecule has 1 aromatic heterocycles. The standard InChI is InChI=1S/C15H16N6O3/c1-18-8-3-10(16)13(11(17)4-8)14(22)21-12(15(23)24-2)5-9-6-19-7-20-9/h1,3-4,6-7,12H,5H2,2H3,(H5-,16,17,19,20,21,22)/p+1/t12-/m1/s1. The highest BCUT2D eigenvalue weighted by atomic mass is 16.5. The van der Waals surface area contributed by atoms with Crippen molar-refractivity contribution in [1.29, 1.82) is 0 Å². The molecular weight excluding hydrogens is 312 g/mol. The fraction of sp³-hybridized carbons (Fsp3) is 0.200. The summed E-state index contributed by atoms with van der Waals surface area (Å²) in [5.74, 6) is -1.22. The first-order valence-corrected chi connectivity index (χ1v) is 6.92. The Kier molecular flexibility index (Phi) is 5.01. The first kappa shape index (κ1) is 16.8. The minimum Gasteiger partial charge on any atom is -0.467 e. The number of aromatic amines is 1. The molecule has 0 fully saturated rings. The molecule has 1 atom stereocenters. The molecule has 0 spiro atoms. The van der Waals surface area contributed by atoms with Gasteiger partial charge in [-0.3, -0.25) is 4.79 Å². The van der Waals surface area contributed by atoms with Crippen molar-refractivity contribution < 1.29 is 14.3 Å². The van der Waals surface area contributed by atoms with Crippen molar-refractivity contribution in [3.63, 3.8) is 0 Å². The second-order valence-electron chi connectivity index (χ2n) is 4.96. The van der Waals surface area contributed by atoms with E-state index in [0.717, 1.165) is 0 Å². The maximum atomic E-state index is 12.5. The summed E-state index contributed by atoms with van der Waals surface area (Å²) in [4.78, 5) is 34.6. The van der Waals surface area contributed by atoms with Crippen LogP contribution >= 0.6 is 0 Å². The van der Waals surface area contributed by atoms with Gasteiger partial charge in [0.25, 0.3) is 12.5 Å². The summed E-state index contributed by atoms with van der Waals surface area (Å²) in [6.45, 7) is 5.17. The van der Waals surface area contributed by atoms with Crippen LogP contribution in [-0.2, 0) is 16.0 Å². The number of methoxy groups -OCH3 is 1. The van der Waals surface area contributed by atoms with Gasteiger partial charge < -0.3 is 26.5 Å². The number of aromatic nitrogens is 2. The highest BCUT2D eigenvalue weighted by Gasteiger charge is 2.26. The number of H-pyrrole nitrogens is 1. The molecule has 124 valence electrons. The molecule has 0 radical (unpaired) electrons. The van der Waals surface area contributed by atoms with Crippen LogP contribution in [0, 0.1) is 6.57 Å². The zero-order valence-electron chi connectivity index (χ0n) is 12.9. The molecule has 1 heterocycles. The molecule has 2 rings (SSSR count). The number of carbonyl (C=O) groups excluding carboxylic acids is 2. The molecule has 0 saturated heterocycles.